The fourth-order valence-corrected chi connectivity index (χ4v) is 3.88. The molecule has 1 fully saturated rings. The predicted octanol–water partition coefficient (Wildman–Crippen LogP) is 1.87. The SMILES string of the molecule is O=C1NC(=O)C(=Cc2ccc(OS(=O)(=O)c3ccc([N+](=O)[O-])cc3)c(Br)c2)C(=O)N1. The maximum atomic E-state index is 12.4. The highest BCUT2D eigenvalue weighted by atomic mass is 79.9. The van der Waals surface area contributed by atoms with E-state index in [0.717, 1.165) is 24.3 Å². The van der Waals surface area contributed by atoms with Crippen molar-refractivity contribution in [3.05, 3.63) is 68.2 Å². The standard InChI is InChI=1S/C17H10BrN3O8S/c18-13-8-9(7-12-15(22)19-17(24)20-16(12)23)1-6-14(13)29-30(27,28)11-4-2-10(3-5-11)21(25)26/h1-8H,(H2,19,20,22,23,24). The minimum Gasteiger partial charge on any atom is -0.378 e. The summed E-state index contributed by atoms with van der Waals surface area (Å²) in [6.07, 6.45) is 1.20. The van der Waals surface area contributed by atoms with Crippen LogP contribution in [-0.4, -0.2) is 31.2 Å². The van der Waals surface area contributed by atoms with Gasteiger partial charge in [0.05, 0.1) is 9.40 Å². The Kier molecular flexibility index (Phi) is 5.67. The average Bonchev–Trinajstić information content (AvgIpc) is 2.66. The van der Waals surface area contributed by atoms with Crippen LogP contribution in [0.3, 0.4) is 0 Å². The molecule has 30 heavy (non-hydrogen) atoms. The quantitative estimate of drug-likeness (QED) is 0.209. The number of non-ortho nitro benzene ring substituents is 1. The number of amides is 4. The first-order valence-corrected chi connectivity index (χ1v) is 10.1. The third-order valence-electron chi connectivity index (χ3n) is 3.75. The average molecular weight is 496 g/mol. The van der Waals surface area contributed by atoms with Gasteiger partial charge in [-0.1, -0.05) is 6.07 Å². The summed E-state index contributed by atoms with van der Waals surface area (Å²) >= 11 is 3.14. The molecule has 0 saturated carbocycles. The molecule has 0 atom stereocenters. The maximum absolute atomic E-state index is 12.4. The number of rotatable bonds is 5. The first-order valence-electron chi connectivity index (χ1n) is 7.94. The summed E-state index contributed by atoms with van der Waals surface area (Å²) in [5.74, 6) is -1.84. The normalized spacial score (nSPS) is 14.0. The van der Waals surface area contributed by atoms with Crippen LogP contribution in [0, 0.1) is 10.1 Å². The number of barbiturate groups is 1. The molecule has 154 valence electrons. The number of carbonyl (C=O) groups is 3. The van der Waals surface area contributed by atoms with Crippen molar-refractivity contribution in [2.45, 2.75) is 4.90 Å². The summed E-state index contributed by atoms with van der Waals surface area (Å²) in [5.41, 5.74) is -0.240. The van der Waals surface area contributed by atoms with Crippen molar-refractivity contribution >= 4 is 55.7 Å². The molecule has 2 aromatic rings. The molecule has 4 amide bonds. The smallest absolute Gasteiger partial charge is 0.339 e. The largest absolute Gasteiger partial charge is 0.378 e. The minimum atomic E-state index is -4.28. The number of hydrogen-bond donors (Lipinski definition) is 2. The Morgan fingerprint density at radius 3 is 2.13 bits per heavy atom. The molecule has 2 aromatic carbocycles. The molecule has 2 N–H and O–H groups in total. The summed E-state index contributed by atoms with van der Waals surface area (Å²) in [6.45, 7) is 0. The number of urea groups is 1. The van der Waals surface area contributed by atoms with Gasteiger partial charge in [-0.25, -0.2) is 4.79 Å². The van der Waals surface area contributed by atoms with Gasteiger partial charge in [-0.2, -0.15) is 8.42 Å². The van der Waals surface area contributed by atoms with Gasteiger partial charge in [0, 0.05) is 12.1 Å². The van der Waals surface area contributed by atoms with Crippen molar-refractivity contribution in [1.29, 1.82) is 0 Å². The lowest BCUT2D eigenvalue weighted by atomic mass is 10.1. The van der Waals surface area contributed by atoms with Crippen LogP contribution in [0.1, 0.15) is 5.56 Å². The van der Waals surface area contributed by atoms with Crippen LogP contribution in [0.15, 0.2) is 57.4 Å². The van der Waals surface area contributed by atoms with E-state index in [1.165, 1.54) is 24.3 Å². The maximum Gasteiger partial charge on any atom is 0.339 e. The molecule has 1 aliphatic heterocycles. The Balaban J connectivity index is 1.84. The summed E-state index contributed by atoms with van der Waals surface area (Å²) in [6, 6.07) is 7.28. The lowest BCUT2D eigenvalue weighted by Gasteiger charge is -2.14. The van der Waals surface area contributed by atoms with Gasteiger partial charge in [0.25, 0.3) is 17.5 Å². The number of nitro groups is 1. The lowest BCUT2D eigenvalue weighted by Crippen LogP contribution is -2.51. The molecule has 13 heteroatoms. The van der Waals surface area contributed by atoms with Gasteiger partial charge in [0.1, 0.15) is 10.5 Å². The number of benzene rings is 2. The number of nitro benzene ring substituents is 1. The van der Waals surface area contributed by atoms with Crippen molar-refractivity contribution in [3.8, 4) is 5.75 Å². The van der Waals surface area contributed by atoms with E-state index in [0.29, 0.717) is 5.56 Å². The zero-order chi connectivity index (χ0) is 22.1. The lowest BCUT2D eigenvalue weighted by molar-refractivity contribution is -0.384. The predicted molar refractivity (Wildman–Crippen MR) is 105 cm³/mol. The van der Waals surface area contributed by atoms with E-state index in [1.807, 2.05) is 10.6 Å². The molecule has 0 bridgehead atoms. The molecule has 11 nitrogen and oxygen atoms in total. The highest BCUT2D eigenvalue weighted by molar-refractivity contribution is 9.10. The molecular formula is C17H10BrN3O8S. The van der Waals surface area contributed by atoms with Crippen LogP contribution in [0.4, 0.5) is 10.5 Å². The monoisotopic (exact) mass is 495 g/mol. The topological polar surface area (TPSA) is 162 Å². The highest BCUT2D eigenvalue weighted by Crippen LogP contribution is 2.30. The van der Waals surface area contributed by atoms with Gasteiger partial charge >= 0.3 is 16.1 Å². The Morgan fingerprint density at radius 1 is 1.00 bits per heavy atom. The summed E-state index contributed by atoms with van der Waals surface area (Å²) < 4.78 is 30.0. The Bertz CT molecular complexity index is 1200. The number of halogens is 1. The second kappa shape index (κ2) is 8.04. The Hall–Kier alpha value is -3.58. The highest BCUT2D eigenvalue weighted by Gasteiger charge is 2.27. The van der Waals surface area contributed by atoms with Crippen LogP contribution >= 0.6 is 15.9 Å². The van der Waals surface area contributed by atoms with Crippen LogP contribution in [0.5, 0.6) is 5.75 Å². The molecule has 0 spiro atoms. The van der Waals surface area contributed by atoms with Crippen LogP contribution in [-0.2, 0) is 19.7 Å². The fraction of sp³-hybridized carbons (Fsp3) is 0. The molecule has 0 radical (unpaired) electrons. The second-order valence-electron chi connectivity index (χ2n) is 5.77. The van der Waals surface area contributed by atoms with Crippen LogP contribution < -0.4 is 14.8 Å². The Morgan fingerprint density at radius 2 is 1.60 bits per heavy atom. The summed E-state index contributed by atoms with van der Waals surface area (Å²) in [7, 11) is -4.28. The molecule has 0 aromatic heterocycles. The number of hydrogen-bond acceptors (Lipinski definition) is 8. The molecular weight excluding hydrogens is 486 g/mol. The van der Waals surface area contributed by atoms with E-state index in [2.05, 4.69) is 15.9 Å². The van der Waals surface area contributed by atoms with Crippen LogP contribution in [0.2, 0.25) is 0 Å². The van der Waals surface area contributed by atoms with E-state index in [-0.39, 0.29) is 26.4 Å². The van der Waals surface area contributed by atoms with E-state index in [9.17, 15) is 32.9 Å². The van der Waals surface area contributed by atoms with Crippen molar-refractivity contribution in [1.82, 2.24) is 10.6 Å². The zero-order valence-electron chi connectivity index (χ0n) is 14.6. The molecule has 0 unspecified atom stereocenters. The fourth-order valence-electron chi connectivity index (χ4n) is 2.35. The van der Waals surface area contributed by atoms with Gasteiger partial charge < -0.3 is 4.18 Å². The third-order valence-corrected chi connectivity index (χ3v) is 5.61. The van der Waals surface area contributed by atoms with Gasteiger partial charge in [-0.05, 0) is 51.8 Å². The van der Waals surface area contributed by atoms with Crippen molar-refractivity contribution < 1.29 is 31.9 Å². The number of nitrogens with one attached hydrogen (secondary N) is 2. The third kappa shape index (κ3) is 4.52. The molecule has 1 heterocycles. The zero-order valence-corrected chi connectivity index (χ0v) is 17.0. The summed E-state index contributed by atoms with van der Waals surface area (Å²) in [5, 5.41) is 14.5. The van der Waals surface area contributed by atoms with E-state index >= 15 is 0 Å². The van der Waals surface area contributed by atoms with Crippen molar-refractivity contribution in [2.24, 2.45) is 0 Å². The van der Waals surface area contributed by atoms with Crippen molar-refractivity contribution in [2.75, 3.05) is 0 Å². The van der Waals surface area contributed by atoms with Gasteiger partial charge in [-0.15, -0.1) is 0 Å². The number of imide groups is 2. The number of carbonyl (C=O) groups excluding carboxylic acids is 3. The van der Waals surface area contributed by atoms with Gasteiger partial charge in [-0.3, -0.25) is 30.3 Å². The molecule has 1 saturated heterocycles. The van der Waals surface area contributed by atoms with Crippen LogP contribution in [0.25, 0.3) is 6.08 Å². The van der Waals surface area contributed by atoms with Gasteiger partial charge in [0.2, 0.25) is 0 Å². The molecule has 0 aliphatic carbocycles. The molecule has 1 aliphatic rings. The van der Waals surface area contributed by atoms with E-state index in [4.69, 9.17) is 4.18 Å². The number of nitrogens with zero attached hydrogens (tertiary/aromatic N) is 1. The minimum absolute atomic E-state index is 0.0942. The van der Waals surface area contributed by atoms with E-state index < -0.39 is 32.9 Å². The first-order chi connectivity index (χ1) is 14.1. The molecule has 3 rings (SSSR count). The second-order valence-corrected chi connectivity index (χ2v) is 8.17. The first kappa shape index (κ1) is 21.1. The summed E-state index contributed by atoms with van der Waals surface area (Å²) in [4.78, 5) is 44.3. The van der Waals surface area contributed by atoms with Gasteiger partial charge in [0.15, 0.2) is 5.75 Å². The van der Waals surface area contributed by atoms with Crippen molar-refractivity contribution in [3.63, 3.8) is 0 Å². The van der Waals surface area contributed by atoms with E-state index in [1.54, 1.807) is 0 Å². The Labute approximate surface area is 177 Å².